The monoisotopic (exact) mass is 199 g/mol. The summed E-state index contributed by atoms with van der Waals surface area (Å²) in [5.74, 6) is 0.617. The van der Waals surface area contributed by atoms with E-state index in [1.165, 1.54) is 0 Å². The maximum Gasteiger partial charge on any atom is 0.142 e. The highest BCUT2D eigenvalue weighted by molar-refractivity contribution is 7.80. The van der Waals surface area contributed by atoms with E-state index < -0.39 is 0 Å². The van der Waals surface area contributed by atoms with E-state index in [1.54, 1.807) is 13.2 Å². The molecule has 0 saturated heterocycles. The normalized spacial score (nSPS) is 10.1. The number of rotatable bonds is 3. The predicted octanol–water partition coefficient (Wildman–Crippen LogP) is 1.10. The van der Waals surface area contributed by atoms with Gasteiger partial charge in [0.05, 0.1) is 12.8 Å². The molecule has 0 spiro atoms. The molecule has 1 aromatic carbocycles. The Morgan fingerprint density at radius 2 is 2.23 bits per heavy atom. The Labute approximate surface area is 82.9 Å². The van der Waals surface area contributed by atoms with Gasteiger partial charge in [0, 0.05) is 11.5 Å². The second kappa shape index (κ2) is 4.39. The minimum absolute atomic E-state index is 0.0966. The number of nitrogen functional groups attached to an aromatic ring is 1. The maximum atomic E-state index is 8.76. The van der Waals surface area contributed by atoms with Gasteiger partial charge in [-0.2, -0.15) is 0 Å². The third-order valence-corrected chi connectivity index (χ3v) is 2.39. The first-order chi connectivity index (χ1) is 6.20. The summed E-state index contributed by atoms with van der Waals surface area (Å²) in [6.45, 7) is 0.0966. The number of hydrogen-bond acceptors (Lipinski definition) is 4. The molecule has 0 bridgehead atoms. The molecule has 3 nitrogen and oxygen atoms in total. The highest BCUT2D eigenvalue weighted by Crippen LogP contribution is 2.30. The second-order valence-electron chi connectivity index (χ2n) is 2.66. The summed E-state index contributed by atoms with van der Waals surface area (Å²) in [4.78, 5) is 0.688. The lowest BCUT2D eigenvalue weighted by Crippen LogP contribution is -1.99. The first kappa shape index (κ1) is 10.2. The van der Waals surface area contributed by atoms with Gasteiger partial charge < -0.3 is 15.6 Å². The van der Waals surface area contributed by atoms with E-state index in [2.05, 4.69) is 12.6 Å². The van der Waals surface area contributed by atoms with E-state index in [9.17, 15) is 0 Å². The van der Waals surface area contributed by atoms with Crippen LogP contribution < -0.4 is 10.5 Å². The quantitative estimate of drug-likeness (QED) is 0.505. The molecule has 0 aliphatic carbocycles. The van der Waals surface area contributed by atoms with E-state index in [1.807, 2.05) is 6.07 Å². The molecular weight excluding hydrogens is 186 g/mol. The van der Waals surface area contributed by atoms with Crippen molar-refractivity contribution in [1.29, 1.82) is 0 Å². The number of nitrogens with two attached hydrogens (primary N) is 1. The lowest BCUT2D eigenvalue weighted by atomic mass is 10.1. The maximum absolute atomic E-state index is 8.76. The first-order valence-electron chi connectivity index (χ1n) is 3.96. The number of anilines is 1. The highest BCUT2D eigenvalue weighted by Gasteiger charge is 2.07. The van der Waals surface area contributed by atoms with Crippen LogP contribution in [0.4, 0.5) is 5.69 Å². The molecule has 1 rings (SSSR count). The van der Waals surface area contributed by atoms with Crippen LogP contribution in [0, 0.1) is 0 Å². The van der Waals surface area contributed by atoms with Gasteiger partial charge in [-0.1, -0.05) is 6.07 Å². The van der Waals surface area contributed by atoms with E-state index in [4.69, 9.17) is 15.6 Å². The summed E-state index contributed by atoms with van der Waals surface area (Å²) in [7, 11) is 1.56. The number of thiol groups is 1. The molecule has 3 N–H and O–H groups in total. The standard InChI is InChI=1S/C9H13NO2S/c1-12-7-3-2-6(4-5-11)9(13)8(7)10/h2-3,11,13H,4-5,10H2,1H3. The van der Waals surface area contributed by atoms with Crippen LogP contribution in [0.25, 0.3) is 0 Å². The SMILES string of the molecule is COc1ccc(CCO)c(S)c1N. The van der Waals surface area contributed by atoms with Crippen molar-refractivity contribution in [3.63, 3.8) is 0 Å². The fourth-order valence-corrected chi connectivity index (χ4v) is 1.43. The molecule has 0 aliphatic heterocycles. The second-order valence-corrected chi connectivity index (χ2v) is 3.11. The number of ether oxygens (including phenoxy) is 1. The fourth-order valence-electron chi connectivity index (χ4n) is 1.13. The van der Waals surface area contributed by atoms with Crippen LogP contribution in [0.5, 0.6) is 5.75 Å². The van der Waals surface area contributed by atoms with Crippen LogP contribution in [0.2, 0.25) is 0 Å². The lowest BCUT2D eigenvalue weighted by molar-refractivity contribution is 0.299. The number of benzene rings is 1. The van der Waals surface area contributed by atoms with Gasteiger partial charge in [-0.15, -0.1) is 12.6 Å². The van der Waals surface area contributed by atoms with Crippen LogP contribution in [0.1, 0.15) is 5.56 Å². The first-order valence-corrected chi connectivity index (χ1v) is 4.40. The summed E-state index contributed by atoms with van der Waals surface area (Å²) >= 11 is 4.25. The number of hydrogen-bond donors (Lipinski definition) is 3. The van der Waals surface area contributed by atoms with Crippen molar-refractivity contribution in [3.05, 3.63) is 17.7 Å². The van der Waals surface area contributed by atoms with Gasteiger partial charge in [0.25, 0.3) is 0 Å². The van der Waals surface area contributed by atoms with Crippen LogP contribution in [0.3, 0.4) is 0 Å². The summed E-state index contributed by atoms with van der Waals surface area (Å²) < 4.78 is 5.02. The molecule has 1 aromatic rings. The molecule has 0 aromatic heterocycles. The Bertz CT molecular complexity index is 302. The minimum Gasteiger partial charge on any atom is -0.495 e. The van der Waals surface area contributed by atoms with Crippen molar-refractivity contribution in [2.45, 2.75) is 11.3 Å². The zero-order valence-corrected chi connectivity index (χ0v) is 8.34. The lowest BCUT2D eigenvalue weighted by Gasteiger charge is -2.10. The summed E-state index contributed by atoms with van der Waals surface area (Å²) in [5, 5.41) is 8.76. The number of aliphatic hydroxyl groups is 1. The van der Waals surface area contributed by atoms with Crippen molar-refractivity contribution in [2.24, 2.45) is 0 Å². The van der Waals surface area contributed by atoms with E-state index >= 15 is 0 Å². The van der Waals surface area contributed by atoms with Crippen LogP contribution >= 0.6 is 12.6 Å². The minimum atomic E-state index is 0.0966. The molecule has 0 heterocycles. The Kier molecular flexibility index (Phi) is 3.45. The molecule has 0 atom stereocenters. The van der Waals surface area contributed by atoms with Gasteiger partial charge >= 0.3 is 0 Å². The third-order valence-electron chi connectivity index (χ3n) is 1.86. The summed E-state index contributed by atoms with van der Waals surface area (Å²) in [6.07, 6.45) is 0.563. The van der Waals surface area contributed by atoms with E-state index in [0.717, 1.165) is 5.56 Å². The predicted molar refractivity (Wildman–Crippen MR) is 55.4 cm³/mol. The molecule has 0 radical (unpaired) electrons. The van der Waals surface area contributed by atoms with Gasteiger partial charge in [0.1, 0.15) is 5.75 Å². The van der Waals surface area contributed by atoms with E-state index in [-0.39, 0.29) is 6.61 Å². The fraction of sp³-hybridized carbons (Fsp3) is 0.333. The third kappa shape index (κ3) is 2.08. The molecule has 0 aliphatic rings. The van der Waals surface area contributed by atoms with Crippen molar-refractivity contribution in [2.75, 3.05) is 19.5 Å². The van der Waals surface area contributed by atoms with Gasteiger partial charge in [0.15, 0.2) is 0 Å². The summed E-state index contributed by atoms with van der Waals surface area (Å²) in [5.41, 5.74) is 7.20. The Balaban J connectivity index is 3.07. The summed E-state index contributed by atoms with van der Waals surface area (Å²) in [6, 6.07) is 3.63. The Hall–Kier alpha value is -0.870. The number of methoxy groups -OCH3 is 1. The highest BCUT2D eigenvalue weighted by atomic mass is 32.1. The average molecular weight is 199 g/mol. The molecule has 13 heavy (non-hydrogen) atoms. The van der Waals surface area contributed by atoms with Crippen molar-refractivity contribution >= 4 is 18.3 Å². The smallest absolute Gasteiger partial charge is 0.142 e. The van der Waals surface area contributed by atoms with Crippen molar-refractivity contribution in [1.82, 2.24) is 0 Å². The molecule has 0 saturated carbocycles. The molecule has 0 fully saturated rings. The van der Waals surface area contributed by atoms with Crippen molar-refractivity contribution in [3.8, 4) is 5.75 Å². The molecule has 72 valence electrons. The van der Waals surface area contributed by atoms with Crippen LogP contribution in [0.15, 0.2) is 17.0 Å². The Morgan fingerprint density at radius 1 is 1.54 bits per heavy atom. The largest absolute Gasteiger partial charge is 0.495 e. The van der Waals surface area contributed by atoms with Gasteiger partial charge in [-0.05, 0) is 18.1 Å². The van der Waals surface area contributed by atoms with E-state index in [0.29, 0.717) is 22.8 Å². The molecule has 4 heteroatoms. The van der Waals surface area contributed by atoms with Crippen LogP contribution in [-0.4, -0.2) is 18.8 Å². The molecule has 0 amide bonds. The molecule has 0 unspecified atom stereocenters. The van der Waals surface area contributed by atoms with Crippen LogP contribution in [-0.2, 0) is 6.42 Å². The zero-order chi connectivity index (χ0) is 9.84. The van der Waals surface area contributed by atoms with Gasteiger partial charge in [0.2, 0.25) is 0 Å². The van der Waals surface area contributed by atoms with Gasteiger partial charge in [-0.3, -0.25) is 0 Å². The van der Waals surface area contributed by atoms with Crippen molar-refractivity contribution < 1.29 is 9.84 Å². The zero-order valence-electron chi connectivity index (χ0n) is 7.45. The number of aliphatic hydroxyl groups excluding tert-OH is 1. The Morgan fingerprint density at radius 3 is 2.77 bits per heavy atom. The topological polar surface area (TPSA) is 55.5 Å². The molecular formula is C9H13NO2S. The van der Waals surface area contributed by atoms with Gasteiger partial charge in [-0.25, -0.2) is 0 Å². The average Bonchev–Trinajstić information content (AvgIpc) is 2.14.